The summed E-state index contributed by atoms with van der Waals surface area (Å²) in [6, 6.07) is 3.67. The molecule has 0 N–H and O–H groups in total. The molecular formula is C7H7NO2S. The van der Waals surface area contributed by atoms with Gasteiger partial charge < -0.3 is 4.84 Å². The normalized spacial score (nSPS) is 11.2. The molecule has 0 aliphatic heterocycles. The van der Waals surface area contributed by atoms with Gasteiger partial charge in [0, 0.05) is 0 Å². The number of nitrogens with zero attached hydrogens (tertiary/aromatic N) is 1. The zero-order chi connectivity index (χ0) is 8.10. The van der Waals surface area contributed by atoms with Gasteiger partial charge in [-0.05, 0) is 11.4 Å². The Kier molecular flexibility index (Phi) is 2.80. The van der Waals surface area contributed by atoms with E-state index in [1.165, 1.54) is 18.4 Å². The van der Waals surface area contributed by atoms with Crippen molar-refractivity contribution in [3.63, 3.8) is 0 Å². The number of thiophene rings is 1. The zero-order valence-electron chi connectivity index (χ0n) is 5.98. The summed E-state index contributed by atoms with van der Waals surface area (Å²) in [5.74, 6) is 0. The molecule has 1 aromatic heterocycles. The standard InChI is InChI=1S/C7H7NO2S/c1-10-8-6(5-9)7-3-2-4-11-7/h2-5H,1H3/b8-6-. The Morgan fingerprint density at radius 2 is 2.64 bits per heavy atom. The van der Waals surface area contributed by atoms with Crippen LogP contribution in [0.3, 0.4) is 0 Å². The lowest BCUT2D eigenvalue weighted by Gasteiger charge is -1.90. The first-order valence-electron chi connectivity index (χ1n) is 2.98. The summed E-state index contributed by atoms with van der Waals surface area (Å²) in [7, 11) is 1.41. The predicted molar refractivity (Wildman–Crippen MR) is 43.9 cm³/mol. The summed E-state index contributed by atoms with van der Waals surface area (Å²) >= 11 is 1.45. The molecule has 3 nitrogen and oxygen atoms in total. The SMILES string of the molecule is CO/N=C(/C=O)c1cccs1. The van der Waals surface area contributed by atoms with Crippen LogP contribution >= 0.6 is 11.3 Å². The van der Waals surface area contributed by atoms with Crippen molar-refractivity contribution in [3.05, 3.63) is 22.4 Å². The van der Waals surface area contributed by atoms with Crippen LogP contribution in [0.25, 0.3) is 0 Å². The Balaban J connectivity index is 2.88. The van der Waals surface area contributed by atoms with Crippen LogP contribution in [0.15, 0.2) is 22.7 Å². The molecule has 11 heavy (non-hydrogen) atoms. The third kappa shape index (κ3) is 1.88. The van der Waals surface area contributed by atoms with E-state index in [2.05, 4.69) is 9.99 Å². The summed E-state index contributed by atoms with van der Waals surface area (Å²) < 4.78 is 0. The average Bonchev–Trinajstić information content (AvgIpc) is 2.52. The Morgan fingerprint density at radius 3 is 3.09 bits per heavy atom. The van der Waals surface area contributed by atoms with Crippen molar-refractivity contribution in [1.29, 1.82) is 0 Å². The molecule has 0 atom stereocenters. The molecule has 0 saturated carbocycles. The van der Waals surface area contributed by atoms with Crippen molar-refractivity contribution in [1.82, 2.24) is 0 Å². The van der Waals surface area contributed by atoms with Gasteiger partial charge in [0.1, 0.15) is 7.11 Å². The summed E-state index contributed by atoms with van der Waals surface area (Å²) in [6.07, 6.45) is 0.676. The molecule has 1 aromatic rings. The molecule has 0 fully saturated rings. The molecule has 0 aromatic carbocycles. The molecule has 0 saturated heterocycles. The van der Waals surface area contributed by atoms with Crippen LogP contribution in [-0.2, 0) is 9.63 Å². The monoisotopic (exact) mass is 169 g/mol. The first kappa shape index (κ1) is 7.94. The minimum Gasteiger partial charge on any atom is -0.399 e. The number of carbonyl (C=O) groups is 1. The number of rotatable bonds is 3. The van der Waals surface area contributed by atoms with Gasteiger partial charge in [-0.1, -0.05) is 11.2 Å². The van der Waals surface area contributed by atoms with E-state index < -0.39 is 0 Å². The molecule has 1 rings (SSSR count). The van der Waals surface area contributed by atoms with E-state index in [-0.39, 0.29) is 0 Å². The van der Waals surface area contributed by atoms with Gasteiger partial charge in [0.15, 0.2) is 12.0 Å². The molecular weight excluding hydrogens is 162 g/mol. The van der Waals surface area contributed by atoms with Gasteiger partial charge in [0.05, 0.1) is 4.88 Å². The predicted octanol–water partition coefficient (Wildman–Crippen LogP) is 1.30. The molecule has 4 heteroatoms. The van der Waals surface area contributed by atoms with Gasteiger partial charge in [-0.2, -0.15) is 0 Å². The lowest BCUT2D eigenvalue weighted by atomic mass is 10.3. The first-order chi connectivity index (χ1) is 5.38. The quantitative estimate of drug-likeness (QED) is 0.388. The summed E-state index contributed by atoms with van der Waals surface area (Å²) in [4.78, 5) is 15.7. The van der Waals surface area contributed by atoms with E-state index >= 15 is 0 Å². The van der Waals surface area contributed by atoms with E-state index in [4.69, 9.17) is 0 Å². The van der Waals surface area contributed by atoms with Crippen LogP contribution in [0.4, 0.5) is 0 Å². The lowest BCUT2D eigenvalue weighted by molar-refractivity contribution is -0.102. The third-order valence-corrected chi connectivity index (χ3v) is 1.97. The number of aldehydes is 1. The average molecular weight is 169 g/mol. The van der Waals surface area contributed by atoms with Crippen molar-refractivity contribution in [3.8, 4) is 0 Å². The molecule has 1 heterocycles. The van der Waals surface area contributed by atoms with Gasteiger partial charge in [-0.15, -0.1) is 11.3 Å². The highest BCUT2D eigenvalue weighted by molar-refractivity contribution is 7.12. The third-order valence-electron chi connectivity index (χ3n) is 1.07. The van der Waals surface area contributed by atoms with Gasteiger partial charge in [0.2, 0.25) is 0 Å². The second-order valence-corrected chi connectivity index (χ2v) is 2.70. The molecule has 58 valence electrons. The molecule has 0 aliphatic carbocycles. The van der Waals surface area contributed by atoms with Crippen molar-refractivity contribution in [2.45, 2.75) is 0 Å². The van der Waals surface area contributed by atoms with Gasteiger partial charge in [0.25, 0.3) is 0 Å². The minimum atomic E-state index is 0.336. The Hall–Kier alpha value is -1.16. The van der Waals surface area contributed by atoms with Gasteiger partial charge >= 0.3 is 0 Å². The number of oxime groups is 1. The van der Waals surface area contributed by atoms with Crippen LogP contribution in [0.1, 0.15) is 4.88 Å². The van der Waals surface area contributed by atoms with E-state index in [0.717, 1.165) is 4.88 Å². The molecule has 0 amide bonds. The van der Waals surface area contributed by atoms with Crippen molar-refractivity contribution < 1.29 is 9.63 Å². The maximum atomic E-state index is 10.4. The van der Waals surface area contributed by atoms with Gasteiger partial charge in [-0.3, -0.25) is 4.79 Å². The Labute approximate surface area is 68.3 Å². The van der Waals surface area contributed by atoms with E-state index in [0.29, 0.717) is 12.0 Å². The highest BCUT2D eigenvalue weighted by Gasteiger charge is 2.02. The van der Waals surface area contributed by atoms with Crippen LogP contribution in [0.2, 0.25) is 0 Å². The maximum absolute atomic E-state index is 10.4. The van der Waals surface area contributed by atoms with Gasteiger partial charge in [-0.25, -0.2) is 0 Å². The lowest BCUT2D eigenvalue weighted by Crippen LogP contribution is -1.99. The van der Waals surface area contributed by atoms with E-state index in [1.807, 2.05) is 17.5 Å². The highest BCUT2D eigenvalue weighted by Crippen LogP contribution is 2.08. The molecule has 0 bridgehead atoms. The summed E-state index contributed by atoms with van der Waals surface area (Å²) in [5, 5.41) is 5.42. The Bertz CT molecular complexity index is 253. The smallest absolute Gasteiger partial charge is 0.173 e. The van der Waals surface area contributed by atoms with E-state index in [9.17, 15) is 4.79 Å². The topological polar surface area (TPSA) is 38.7 Å². The van der Waals surface area contributed by atoms with Crippen LogP contribution < -0.4 is 0 Å². The fourth-order valence-corrected chi connectivity index (χ4v) is 1.31. The van der Waals surface area contributed by atoms with Crippen LogP contribution in [-0.4, -0.2) is 19.1 Å². The summed E-state index contributed by atoms with van der Waals surface area (Å²) in [5.41, 5.74) is 0.336. The highest BCUT2D eigenvalue weighted by atomic mass is 32.1. The molecule has 0 spiro atoms. The molecule has 0 unspecified atom stereocenters. The maximum Gasteiger partial charge on any atom is 0.173 e. The van der Waals surface area contributed by atoms with Crippen LogP contribution in [0.5, 0.6) is 0 Å². The second kappa shape index (κ2) is 3.88. The minimum absolute atomic E-state index is 0.336. The summed E-state index contributed by atoms with van der Waals surface area (Å²) in [6.45, 7) is 0. The fraction of sp³-hybridized carbons (Fsp3) is 0.143. The second-order valence-electron chi connectivity index (χ2n) is 1.75. The fourth-order valence-electron chi connectivity index (χ4n) is 0.647. The van der Waals surface area contributed by atoms with Crippen molar-refractivity contribution in [2.24, 2.45) is 5.16 Å². The number of hydrogen-bond acceptors (Lipinski definition) is 4. The zero-order valence-corrected chi connectivity index (χ0v) is 6.80. The van der Waals surface area contributed by atoms with Crippen molar-refractivity contribution >= 4 is 23.3 Å². The molecule has 0 aliphatic rings. The number of carbonyl (C=O) groups excluding carboxylic acids is 1. The van der Waals surface area contributed by atoms with E-state index in [1.54, 1.807) is 0 Å². The Morgan fingerprint density at radius 1 is 1.82 bits per heavy atom. The van der Waals surface area contributed by atoms with Crippen molar-refractivity contribution in [2.75, 3.05) is 7.11 Å². The molecule has 0 radical (unpaired) electrons. The largest absolute Gasteiger partial charge is 0.399 e. The first-order valence-corrected chi connectivity index (χ1v) is 3.86. The number of hydrogen-bond donors (Lipinski definition) is 0. The van der Waals surface area contributed by atoms with Crippen LogP contribution in [0, 0.1) is 0 Å².